The molecule has 0 bridgehead atoms. The minimum absolute atomic E-state index is 0.0703. The minimum Gasteiger partial charge on any atom is -0.195 e. The van der Waals surface area contributed by atoms with E-state index in [9.17, 15) is 0 Å². The molecule has 3 heteroatoms. The van der Waals surface area contributed by atoms with Gasteiger partial charge in [0.25, 0.3) is 0 Å². The van der Waals surface area contributed by atoms with E-state index in [2.05, 4.69) is 231 Å². The lowest BCUT2D eigenvalue weighted by Crippen LogP contribution is -3.61. The molecule has 8 rings (SSSR count). The van der Waals surface area contributed by atoms with Gasteiger partial charge in [-0.05, 0) is 66.1 Å². The molecule has 8 aromatic carbocycles. The Bertz CT molecular complexity index is 1960. The lowest BCUT2D eigenvalue weighted by atomic mass is 9.13. The number of halogens is 2. The zero-order valence-corrected chi connectivity index (χ0v) is 33.3. The number of hydrogen-bond acceptors (Lipinski definition) is 0. The van der Waals surface area contributed by atoms with E-state index in [0.29, 0.717) is 0 Å². The standard InChI is InChI=1S/C25H20I2.C24H20B/c1-3-7-22(8-4-1)26-24-15-11-20(12-16-24)19-21-13-17-25(18-14-21)27-23-9-5-2-6-10-23;1-5-13-21(14-6-1)25(22-15-7-2-8-16-22,23-17-9-3-10-18-23)24-19-11-4-12-20-24/h1-18H,19H2;1-20H/q+2;-1. The fourth-order valence-electron chi connectivity index (χ4n) is 6.90. The summed E-state index contributed by atoms with van der Waals surface area (Å²) in [6, 6.07) is 83.6. The van der Waals surface area contributed by atoms with Crippen LogP contribution in [0, 0.1) is 14.3 Å². The Balaban J connectivity index is 0.000000162. The van der Waals surface area contributed by atoms with Crippen molar-refractivity contribution in [2.24, 2.45) is 0 Å². The maximum Gasteiger partial charge on any atom is 0.357 e. The van der Waals surface area contributed by atoms with Crippen LogP contribution in [0.15, 0.2) is 231 Å². The lowest BCUT2D eigenvalue weighted by Gasteiger charge is -2.44. The van der Waals surface area contributed by atoms with Gasteiger partial charge in [-0.15, -0.1) is 0 Å². The van der Waals surface area contributed by atoms with Crippen molar-refractivity contribution in [3.63, 3.8) is 0 Å². The van der Waals surface area contributed by atoms with Crippen molar-refractivity contribution < 1.29 is 42.4 Å². The van der Waals surface area contributed by atoms with Crippen LogP contribution in [0.5, 0.6) is 0 Å². The lowest BCUT2D eigenvalue weighted by molar-refractivity contribution is -0.597. The highest BCUT2D eigenvalue weighted by atomic mass is 127. The quantitative estimate of drug-likeness (QED) is 0.147. The molecule has 0 amide bonds. The molecule has 0 aromatic heterocycles. The third-order valence-corrected chi connectivity index (χ3v) is 14.7. The molecule has 8 aromatic rings. The molecule has 0 fully saturated rings. The van der Waals surface area contributed by atoms with Gasteiger partial charge in [0, 0.05) is 0 Å². The molecule has 0 heterocycles. The highest BCUT2D eigenvalue weighted by Crippen LogP contribution is 2.10. The van der Waals surface area contributed by atoms with Crippen LogP contribution in [0.3, 0.4) is 0 Å². The van der Waals surface area contributed by atoms with E-state index < -0.39 is 6.15 Å². The van der Waals surface area contributed by atoms with E-state index in [1.54, 1.807) is 0 Å². The van der Waals surface area contributed by atoms with E-state index in [1.807, 2.05) is 0 Å². The van der Waals surface area contributed by atoms with Crippen LogP contribution < -0.4 is 64.3 Å². The smallest absolute Gasteiger partial charge is 0.195 e. The number of hydrogen-bond donors (Lipinski definition) is 0. The first-order chi connectivity index (χ1) is 25.8. The van der Waals surface area contributed by atoms with Gasteiger partial charge in [0.15, 0.2) is 14.3 Å². The summed E-state index contributed by atoms with van der Waals surface area (Å²) in [7, 11) is 0. The zero-order valence-electron chi connectivity index (χ0n) is 29.0. The molecule has 0 atom stereocenters. The second-order valence-electron chi connectivity index (χ2n) is 12.7. The summed E-state index contributed by atoms with van der Waals surface area (Å²) >= 11 is -0.141. The maximum atomic E-state index is 2.31. The van der Waals surface area contributed by atoms with E-state index in [1.165, 1.54) is 47.3 Å². The molecule has 0 aliphatic carbocycles. The van der Waals surface area contributed by atoms with E-state index in [4.69, 9.17) is 0 Å². The second kappa shape index (κ2) is 18.2. The van der Waals surface area contributed by atoms with Crippen LogP contribution in [0.25, 0.3) is 0 Å². The second-order valence-corrected chi connectivity index (χ2v) is 18.8. The van der Waals surface area contributed by atoms with Crippen LogP contribution in [-0.2, 0) is 6.42 Å². The molecule has 52 heavy (non-hydrogen) atoms. The molecule has 252 valence electrons. The summed E-state index contributed by atoms with van der Waals surface area (Å²) in [4.78, 5) is 0. The molecule has 0 spiro atoms. The Hall–Kier alpha value is -4.72. The third kappa shape index (κ3) is 9.01. The molecule has 0 N–H and O–H groups in total. The molecule has 0 unspecified atom stereocenters. The Labute approximate surface area is 330 Å². The molecule has 0 aliphatic rings. The summed E-state index contributed by atoms with van der Waals surface area (Å²) in [6.45, 7) is 0. The Morgan fingerprint density at radius 3 is 0.750 bits per heavy atom. The first-order valence-electron chi connectivity index (χ1n) is 17.7. The SMILES string of the molecule is c1ccc([B-](c2ccccc2)(c2ccccc2)c2ccccc2)cc1.c1ccc([I+]c2ccc(Cc3ccc([I+]c4ccccc4)cc3)cc2)cc1. The van der Waals surface area contributed by atoms with Crippen LogP contribution in [-0.4, -0.2) is 6.15 Å². The fourth-order valence-corrected chi connectivity index (χ4v) is 11.3. The summed E-state index contributed by atoms with van der Waals surface area (Å²) in [6.07, 6.45) is -0.208. The van der Waals surface area contributed by atoms with Crippen molar-refractivity contribution in [2.45, 2.75) is 6.42 Å². The first kappa shape index (κ1) is 35.7. The van der Waals surface area contributed by atoms with Gasteiger partial charge >= 0.3 is 42.4 Å². The molecular formula is C49H40BI2+. The van der Waals surface area contributed by atoms with Crippen molar-refractivity contribution in [3.8, 4) is 0 Å². The molecule has 0 aliphatic heterocycles. The van der Waals surface area contributed by atoms with Crippen molar-refractivity contribution in [1.82, 2.24) is 0 Å². The van der Waals surface area contributed by atoms with Gasteiger partial charge in [-0.2, -0.15) is 21.9 Å². The van der Waals surface area contributed by atoms with Crippen molar-refractivity contribution in [1.29, 1.82) is 0 Å². The zero-order chi connectivity index (χ0) is 35.3. The molecular weight excluding hydrogens is 853 g/mol. The normalized spacial score (nSPS) is 10.9. The molecule has 0 saturated carbocycles. The Kier molecular flexibility index (Phi) is 12.5. The van der Waals surface area contributed by atoms with Crippen LogP contribution in [0.4, 0.5) is 0 Å². The third-order valence-electron chi connectivity index (χ3n) is 9.34. The predicted molar refractivity (Wildman–Crippen MR) is 213 cm³/mol. The van der Waals surface area contributed by atoms with Gasteiger partial charge in [0.1, 0.15) is 6.15 Å². The summed E-state index contributed by atoms with van der Waals surface area (Å²) in [5, 5.41) is 0. The van der Waals surface area contributed by atoms with Gasteiger partial charge in [-0.25, -0.2) is 0 Å². The Morgan fingerprint density at radius 1 is 0.250 bits per heavy atom. The molecule has 0 saturated heterocycles. The summed E-state index contributed by atoms with van der Waals surface area (Å²) in [5.74, 6) is 0. The van der Waals surface area contributed by atoms with Crippen LogP contribution in [0.1, 0.15) is 11.1 Å². The Morgan fingerprint density at radius 2 is 0.481 bits per heavy atom. The summed E-state index contributed by atoms with van der Waals surface area (Å²) in [5.41, 5.74) is 8.14. The monoisotopic (exact) mass is 893 g/mol. The van der Waals surface area contributed by atoms with Gasteiger partial charge in [0.2, 0.25) is 0 Å². The van der Waals surface area contributed by atoms with Crippen molar-refractivity contribution in [3.05, 3.63) is 256 Å². The van der Waals surface area contributed by atoms with Crippen LogP contribution in [0.2, 0.25) is 0 Å². The van der Waals surface area contributed by atoms with E-state index >= 15 is 0 Å². The first-order valence-corrected chi connectivity index (χ1v) is 22.0. The average Bonchev–Trinajstić information content (AvgIpc) is 3.22. The van der Waals surface area contributed by atoms with Gasteiger partial charge in [0.05, 0.1) is 0 Å². The van der Waals surface area contributed by atoms with Gasteiger partial charge in [-0.1, -0.05) is 182 Å². The number of rotatable bonds is 10. The van der Waals surface area contributed by atoms with Crippen molar-refractivity contribution in [2.75, 3.05) is 0 Å². The molecule has 0 radical (unpaired) electrons. The highest BCUT2D eigenvalue weighted by Gasteiger charge is 2.31. The number of benzene rings is 8. The van der Waals surface area contributed by atoms with Crippen LogP contribution >= 0.6 is 0 Å². The maximum absolute atomic E-state index is 2.31. The fraction of sp³-hybridized carbons (Fsp3) is 0.0204. The largest absolute Gasteiger partial charge is 0.357 e. The topological polar surface area (TPSA) is 0 Å². The van der Waals surface area contributed by atoms with Crippen molar-refractivity contribution >= 4 is 28.0 Å². The minimum atomic E-state index is -1.22. The average molecular weight is 893 g/mol. The van der Waals surface area contributed by atoms with E-state index in [-0.39, 0.29) is 42.4 Å². The van der Waals surface area contributed by atoms with E-state index in [0.717, 1.165) is 6.42 Å². The highest BCUT2D eigenvalue weighted by molar-refractivity contribution is 7.19. The van der Waals surface area contributed by atoms with Gasteiger partial charge < -0.3 is 0 Å². The summed E-state index contributed by atoms with van der Waals surface area (Å²) < 4.78 is 5.90. The van der Waals surface area contributed by atoms with Gasteiger partial charge in [-0.3, -0.25) is 0 Å². The predicted octanol–water partition coefficient (Wildman–Crippen LogP) is 2.60. The molecule has 0 nitrogen and oxygen atoms in total.